The molecule has 0 spiro atoms. The normalized spacial score (nSPS) is 15.5. The van der Waals surface area contributed by atoms with E-state index in [0.717, 1.165) is 12.5 Å². The molecule has 0 rings (SSSR count). The van der Waals surface area contributed by atoms with Crippen LogP contribution in [0.1, 0.15) is 13.8 Å². The maximum absolute atomic E-state index is 11.0. The van der Waals surface area contributed by atoms with E-state index in [1.54, 1.807) is 13.8 Å². The molecule has 0 amide bonds. The third-order valence-electron chi connectivity index (χ3n) is 1.63. The topological polar surface area (TPSA) is 89.5 Å². The smallest absolute Gasteiger partial charge is 0.264 e. The van der Waals surface area contributed by atoms with Crippen molar-refractivity contribution in [2.75, 3.05) is 19.1 Å². The minimum absolute atomic E-state index is 0.0542. The van der Waals surface area contributed by atoms with Gasteiger partial charge in [0.15, 0.2) is 0 Å². The van der Waals surface area contributed by atoms with Gasteiger partial charge in [0, 0.05) is 6.04 Å². The van der Waals surface area contributed by atoms with Gasteiger partial charge < -0.3 is 0 Å². The molecule has 0 aromatic carbocycles. The Morgan fingerprint density at radius 2 is 1.60 bits per heavy atom. The average Bonchev–Trinajstić information content (AvgIpc) is 1.93. The minimum atomic E-state index is -3.54. The Balaban J connectivity index is 4.44. The highest BCUT2D eigenvalue weighted by atomic mass is 32.2. The summed E-state index contributed by atoms with van der Waals surface area (Å²) < 4.78 is 50.2. The van der Waals surface area contributed by atoms with Gasteiger partial charge in [-0.25, -0.2) is 13.1 Å². The molecule has 0 bridgehead atoms. The molecule has 0 heterocycles. The summed E-state index contributed by atoms with van der Waals surface area (Å²) in [5.41, 5.74) is 0. The SMILES string of the molecule is CC(C)[C@@H](COS(C)(=O)=O)NS(C)(=O)=O. The van der Waals surface area contributed by atoms with Crippen molar-refractivity contribution in [1.82, 2.24) is 4.72 Å². The van der Waals surface area contributed by atoms with Crippen molar-refractivity contribution >= 4 is 20.1 Å². The highest BCUT2D eigenvalue weighted by Crippen LogP contribution is 2.04. The number of rotatable bonds is 6. The van der Waals surface area contributed by atoms with Gasteiger partial charge in [-0.15, -0.1) is 0 Å². The Morgan fingerprint density at radius 1 is 1.13 bits per heavy atom. The predicted molar refractivity (Wildman–Crippen MR) is 57.4 cm³/mol. The van der Waals surface area contributed by atoms with Crippen molar-refractivity contribution in [1.29, 1.82) is 0 Å². The Morgan fingerprint density at radius 3 is 1.87 bits per heavy atom. The zero-order valence-corrected chi connectivity index (χ0v) is 10.9. The van der Waals surface area contributed by atoms with Crippen LogP contribution in [-0.2, 0) is 24.3 Å². The summed E-state index contributed by atoms with van der Waals surface area (Å²) in [5, 5.41) is 0. The highest BCUT2D eigenvalue weighted by Gasteiger charge is 2.19. The van der Waals surface area contributed by atoms with E-state index in [1.807, 2.05) is 0 Å². The van der Waals surface area contributed by atoms with E-state index >= 15 is 0 Å². The highest BCUT2D eigenvalue weighted by molar-refractivity contribution is 7.88. The second-order valence-corrected chi connectivity index (χ2v) is 7.15. The van der Waals surface area contributed by atoms with Gasteiger partial charge in [0.2, 0.25) is 10.0 Å². The van der Waals surface area contributed by atoms with Gasteiger partial charge in [-0.2, -0.15) is 8.42 Å². The lowest BCUT2D eigenvalue weighted by Crippen LogP contribution is -2.41. The minimum Gasteiger partial charge on any atom is -0.269 e. The fraction of sp³-hybridized carbons (Fsp3) is 1.00. The second-order valence-electron chi connectivity index (χ2n) is 3.73. The zero-order chi connectivity index (χ0) is 12.3. The fourth-order valence-electron chi connectivity index (χ4n) is 0.834. The molecule has 0 unspecified atom stereocenters. The van der Waals surface area contributed by atoms with Gasteiger partial charge in [0.05, 0.1) is 19.1 Å². The number of sulfonamides is 1. The number of hydrogen-bond acceptors (Lipinski definition) is 5. The van der Waals surface area contributed by atoms with E-state index in [9.17, 15) is 16.8 Å². The quantitative estimate of drug-likeness (QED) is 0.652. The van der Waals surface area contributed by atoms with E-state index in [1.165, 1.54) is 0 Å². The van der Waals surface area contributed by atoms with Crippen LogP contribution in [0.4, 0.5) is 0 Å². The Labute approximate surface area is 91.2 Å². The third kappa shape index (κ3) is 8.79. The molecule has 0 aliphatic carbocycles. The van der Waals surface area contributed by atoms with Crippen molar-refractivity contribution in [3.8, 4) is 0 Å². The number of hydrogen-bond donors (Lipinski definition) is 1. The molecule has 0 aromatic rings. The molecule has 1 atom stereocenters. The van der Waals surface area contributed by atoms with Crippen LogP contribution in [-0.4, -0.2) is 42.0 Å². The largest absolute Gasteiger partial charge is 0.269 e. The van der Waals surface area contributed by atoms with Gasteiger partial charge in [-0.1, -0.05) is 13.8 Å². The fourth-order valence-corrected chi connectivity index (χ4v) is 2.12. The average molecular weight is 259 g/mol. The molecule has 1 N–H and O–H groups in total. The first kappa shape index (κ1) is 14.8. The van der Waals surface area contributed by atoms with Crippen molar-refractivity contribution in [2.24, 2.45) is 5.92 Å². The maximum Gasteiger partial charge on any atom is 0.264 e. The lowest BCUT2D eigenvalue weighted by Gasteiger charge is -2.20. The molecule has 15 heavy (non-hydrogen) atoms. The van der Waals surface area contributed by atoms with Crippen molar-refractivity contribution in [3.05, 3.63) is 0 Å². The first-order valence-corrected chi connectivity index (χ1v) is 8.04. The standard InChI is InChI=1S/C7H17NO5S2/c1-6(2)7(8-14(3,9)10)5-13-15(4,11)12/h6-8H,5H2,1-4H3/t7-/m1/s1. The summed E-state index contributed by atoms with van der Waals surface area (Å²) in [7, 11) is -6.90. The molecule has 8 heteroatoms. The lowest BCUT2D eigenvalue weighted by molar-refractivity contribution is 0.255. The van der Waals surface area contributed by atoms with Crippen molar-refractivity contribution in [2.45, 2.75) is 19.9 Å². The summed E-state index contributed by atoms with van der Waals surface area (Å²) in [6.45, 7) is 3.35. The van der Waals surface area contributed by atoms with E-state index in [0.29, 0.717) is 0 Å². The summed E-state index contributed by atoms with van der Waals surface area (Å²) >= 11 is 0. The Kier molecular flexibility index (Phi) is 5.18. The number of nitrogens with one attached hydrogen (secondary N) is 1. The first-order chi connectivity index (χ1) is 6.51. The molecule has 0 aliphatic heterocycles. The zero-order valence-electron chi connectivity index (χ0n) is 9.22. The van der Waals surface area contributed by atoms with Gasteiger partial charge in [-0.3, -0.25) is 4.18 Å². The molecule has 0 radical (unpaired) electrons. The molecule has 0 fully saturated rings. The van der Waals surface area contributed by atoms with Crippen LogP contribution in [0, 0.1) is 5.92 Å². The van der Waals surface area contributed by atoms with Crippen molar-refractivity contribution < 1.29 is 21.0 Å². The molecule has 0 aliphatic rings. The first-order valence-electron chi connectivity index (χ1n) is 4.33. The predicted octanol–water partition coefficient (Wildman–Crippen LogP) is -0.464. The van der Waals surface area contributed by atoms with Gasteiger partial charge in [0.1, 0.15) is 0 Å². The summed E-state index contributed by atoms with van der Waals surface area (Å²) in [6.07, 6.45) is 1.94. The monoisotopic (exact) mass is 259 g/mol. The van der Waals surface area contributed by atoms with Gasteiger partial charge >= 0.3 is 0 Å². The lowest BCUT2D eigenvalue weighted by atomic mass is 10.1. The van der Waals surface area contributed by atoms with Crippen LogP contribution in [0.3, 0.4) is 0 Å². The maximum atomic E-state index is 11.0. The van der Waals surface area contributed by atoms with Gasteiger partial charge in [0.25, 0.3) is 10.1 Å². The Bertz CT molecular complexity index is 384. The molecule has 0 saturated carbocycles. The van der Waals surface area contributed by atoms with Crippen LogP contribution in [0.2, 0.25) is 0 Å². The van der Waals surface area contributed by atoms with Crippen LogP contribution >= 0.6 is 0 Å². The van der Waals surface area contributed by atoms with E-state index in [2.05, 4.69) is 8.91 Å². The van der Waals surface area contributed by atoms with Crippen molar-refractivity contribution in [3.63, 3.8) is 0 Å². The van der Waals surface area contributed by atoms with Gasteiger partial charge in [-0.05, 0) is 5.92 Å². The Hall–Kier alpha value is -0.180. The van der Waals surface area contributed by atoms with Crippen LogP contribution in [0.5, 0.6) is 0 Å². The molecule has 0 saturated heterocycles. The molecule has 0 aromatic heterocycles. The van der Waals surface area contributed by atoms with E-state index in [4.69, 9.17) is 0 Å². The van der Waals surface area contributed by atoms with Crippen LogP contribution in [0.15, 0.2) is 0 Å². The van der Waals surface area contributed by atoms with E-state index < -0.39 is 26.2 Å². The summed E-state index contributed by atoms with van der Waals surface area (Å²) in [5.74, 6) is -0.0542. The summed E-state index contributed by atoms with van der Waals surface area (Å²) in [4.78, 5) is 0. The molecule has 92 valence electrons. The third-order valence-corrected chi connectivity index (χ3v) is 2.93. The van der Waals surface area contributed by atoms with Crippen LogP contribution < -0.4 is 4.72 Å². The van der Waals surface area contributed by atoms with Crippen LogP contribution in [0.25, 0.3) is 0 Å². The summed E-state index contributed by atoms with van der Waals surface area (Å²) in [6, 6.07) is -0.547. The second kappa shape index (κ2) is 5.24. The van der Waals surface area contributed by atoms with E-state index in [-0.39, 0.29) is 12.5 Å². The molecular formula is C7H17NO5S2. The molecule has 6 nitrogen and oxygen atoms in total. The molecular weight excluding hydrogens is 242 g/mol.